The van der Waals surface area contributed by atoms with Crippen LogP contribution < -0.4 is 10.2 Å². The van der Waals surface area contributed by atoms with Crippen LogP contribution in [0.3, 0.4) is 0 Å². The third-order valence-corrected chi connectivity index (χ3v) is 3.96. The van der Waals surface area contributed by atoms with E-state index >= 15 is 0 Å². The number of nitrogens with one attached hydrogen (secondary N) is 1. The van der Waals surface area contributed by atoms with E-state index in [0.29, 0.717) is 12.0 Å². The summed E-state index contributed by atoms with van der Waals surface area (Å²) in [5.41, 5.74) is 2.22. The minimum Gasteiger partial charge on any atom is -0.483 e. The molecule has 30 heavy (non-hydrogen) atoms. The van der Waals surface area contributed by atoms with Gasteiger partial charge in [0.2, 0.25) is 5.82 Å². The predicted octanol–water partition coefficient (Wildman–Crippen LogP) is 4.58. The molecule has 0 aliphatic rings. The predicted molar refractivity (Wildman–Crippen MR) is 99.3 cm³/mol. The second-order valence-corrected chi connectivity index (χ2v) is 5.93. The molecular weight excluding hydrogens is 407 g/mol. The number of hydrogen-bond donors (Lipinski definition) is 1. The minimum atomic E-state index is -2.28. The van der Waals surface area contributed by atoms with E-state index in [-0.39, 0.29) is 0 Å². The molecule has 0 saturated heterocycles. The van der Waals surface area contributed by atoms with Gasteiger partial charge in [-0.25, -0.2) is 27.4 Å². The molecule has 0 atom stereocenters. The summed E-state index contributed by atoms with van der Waals surface area (Å²) in [6.07, 6.45) is 0.325. The van der Waals surface area contributed by atoms with E-state index < -0.39 is 47.2 Å². The molecule has 9 heteroatoms. The summed E-state index contributed by atoms with van der Waals surface area (Å²) in [7, 11) is 0. The second kappa shape index (κ2) is 9.17. The second-order valence-electron chi connectivity index (χ2n) is 5.93. The van der Waals surface area contributed by atoms with E-state index in [2.05, 4.69) is 5.10 Å². The van der Waals surface area contributed by atoms with Crippen LogP contribution in [-0.2, 0) is 4.79 Å². The highest BCUT2D eigenvalue weighted by molar-refractivity contribution is 5.83. The summed E-state index contributed by atoms with van der Waals surface area (Å²) in [6, 6.07) is 16.2. The summed E-state index contributed by atoms with van der Waals surface area (Å²) >= 11 is 0. The van der Waals surface area contributed by atoms with Gasteiger partial charge in [0.25, 0.3) is 5.91 Å². The first kappa shape index (κ1) is 21.0. The van der Waals surface area contributed by atoms with E-state index in [1.54, 1.807) is 24.3 Å². The molecule has 0 aliphatic carbocycles. The molecule has 0 unspecified atom stereocenters. The Morgan fingerprint density at radius 3 is 2.07 bits per heavy atom. The van der Waals surface area contributed by atoms with Gasteiger partial charge in [0, 0.05) is 5.56 Å². The van der Waals surface area contributed by atoms with Gasteiger partial charge in [-0.15, -0.1) is 0 Å². The number of halogens is 5. The smallest absolute Gasteiger partial charge is 0.277 e. The molecule has 0 heterocycles. The average Bonchev–Trinajstić information content (AvgIpc) is 2.78. The van der Waals surface area contributed by atoms with Gasteiger partial charge in [-0.2, -0.15) is 5.10 Å². The zero-order valence-corrected chi connectivity index (χ0v) is 15.1. The SMILES string of the molecule is O=C(COc1ccccc1-c1ccccc1)N/N=C\c1c(F)c(F)c(F)c(F)c1F. The van der Waals surface area contributed by atoms with Crippen molar-refractivity contribution in [1.29, 1.82) is 0 Å². The monoisotopic (exact) mass is 420 g/mol. The fourth-order valence-corrected chi connectivity index (χ4v) is 2.53. The lowest BCUT2D eigenvalue weighted by molar-refractivity contribution is -0.123. The van der Waals surface area contributed by atoms with Crippen LogP contribution >= 0.6 is 0 Å². The summed E-state index contributed by atoms with van der Waals surface area (Å²) in [5.74, 6) is -11.0. The third kappa shape index (κ3) is 4.45. The molecule has 0 aliphatic heterocycles. The maximum Gasteiger partial charge on any atom is 0.277 e. The number of para-hydroxylation sites is 1. The third-order valence-electron chi connectivity index (χ3n) is 3.96. The highest BCUT2D eigenvalue weighted by Crippen LogP contribution is 2.29. The van der Waals surface area contributed by atoms with Crippen molar-refractivity contribution in [1.82, 2.24) is 5.43 Å². The summed E-state index contributed by atoms with van der Waals surface area (Å²) in [6.45, 7) is -0.502. The highest BCUT2D eigenvalue weighted by atomic mass is 19.2. The molecule has 1 amide bonds. The van der Waals surface area contributed by atoms with Crippen molar-refractivity contribution in [3.8, 4) is 16.9 Å². The number of ether oxygens (including phenoxy) is 1. The van der Waals surface area contributed by atoms with Crippen molar-refractivity contribution in [2.75, 3.05) is 6.61 Å². The number of amides is 1. The van der Waals surface area contributed by atoms with Crippen molar-refractivity contribution >= 4 is 12.1 Å². The molecule has 154 valence electrons. The zero-order valence-electron chi connectivity index (χ0n) is 15.1. The maximum atomic E-state index is 13.6. The molecule has 3 aromatic rings. The number of hydrazone groups is 1. The van der Waals surface area contributed by atoms with Crippen LogP contribution in [0.1, 0.15) is 5.56 Å². The fraction of sp³-hybridized carbons (Fsp3) is 0.0476. The molecule has 3 rings (SSSR count). The quantitative estimate of drug-likeness (QED) is 0.209. The van der Waals surface area contributed by atoms with E-state index in [1.165, 1.54) is 0 Å². The Hall–Kier alpha value is -3.75. The van der Waals surface area contributed by atoms with Crippen LogP contribution in [0, 0.1) is 29.1 Å². The maximum absolute atomic E-state index is 13.6. The van der Waals surface area contributed by atoms with E-state index in [1.807, 2.05) is 35.8 Å². The number of benzene rings is 3. The lowest BCUT2D eigenvalue weighted by atomic mass is 10.1. The highest BCUT2D eigenvalue weighted by Gasteiger charge is 2.24. The zero-order chi connectivity index (χ0) is 21.7. The number of carbonyl (C=O) groups excluding carboxylic acids is 1. The number of rotatable bonds is 6. The first-order valence-electron chi connectivity index (χ1n) is 8.50. The van der Waals surface area contributed by atoms with Gasteiger partial charge < -0.3 is 4.74 Å². The van der Waals surface area contributed by atoms with Crippen molar-refractivity contribution in [3.63, 3.8) is 0 Å². The molecular formula is C21H13F5N2O2. The van der Waals surface area contributed by atoms with Gasteiger partial charge in [0.15, 0.2) is 29.9 Å². The normalized spacial score (nSPS) is 11.0. The van der Waals surface area contributed by atoms with Crippen LogP contribution in [0.25, 0.3) is 11.1 Å². The molecule has 4 nitrogen and oxygen atoms in total. The van der Waals surface area contributed by atoms with Crippen molar-refractivity contribution < 1.29 is 31.5 Å². The Balaban J connectivity index is 1.66. The van der Waals surface area contributed by atoms with Gasteiger partial charge in [-0.05, 0) is 11.6 Å². The molecule has 0 fully saturated rings. The van der Waals surface area contributed by atoms with Crippen LogP contribution in [0.15, 0.2) is 59.7 Å². The van der Waals surface area contributed by atoms with Crippen molar-refractivity contribution in [2.24, 2.45) is 5.10 Å². The lowest BCUT2D eigenvalue weighted by Gasteiger charge is -2.11. The van der Waals surface area contributed by atoms with Crippen LogP contribution in [0.5, 0.6) is 5.75 Å². The Bertz CT molecular complexity index is 1080. The fourth-order valence-electron chi connectivity index (χ4n) is 2.53. The van der Waals surface area contributed by atoms with Crippen LogP contribution in [0.2, 0.25) is 0 Å². The number of hydrogen-bond acceptors (Lipinski definition) is 3. The van der Waals surface area contributed by atoms with Gasteiger partial charge in [-0.1, -0.05) is 48.5 Å². The molecule has 3 aromatic carbocycles. The molecule has 0 radical (unpaired) electrons. The molecule has 0 spiro atoms. The van der Waals surface area contributed by atoms with Crippen molar-refractivity contribution in [2.45, 2.75) is 0 Å². The van der Waals surface area contributed by atoms with E-state index in [9.17, 15) is 26.7 Å². The molecule has 1 N–H and O–H groups in total. The Morgan fingerprint density at radius 2 is 1.40 bits per heavy atom. The molecule has 0 aromatic heterocycles. The standard InChI is InChI=1S/C21H13F5N2O2/c22-17-14(18(23)20(25)21(26)19(17)24)10-27-28-16(29)11-30-15-9-5-4-8-13(15)12-6-2-1-3-7-12/h1-10H,11H2,(H,28,29)/b27-10-. The van der Waals surface area contributed by atoms with Crippen LogP contribution in [0.4, 0.5) is 22.0 Å². The molecule has 0 saturated carbocycles. The Kier molecular flexibility index (Phi) is 6.41. The summed E-state index contributed by atoms with van der Waals surface area (Å²) in [4.78, 5) is 11.9. The van der Waals surface area contributed by atoms with Gasteiger partial charge in [0.1, 0.15) is 5.75 Å². The number of nitrogens with zero attached hydrogens (tertiary/aromatic N) is 1. The topological polar surface area (TPSA) is 50.7 Å². The Morgan fingerprint density at radius 1 is 0.833 bits per heavy atom. The number of carbonyl (C=O) groups is 1. The first-order chi connectivity index (χ1) is 14.4. The van der Waals surface area contributed by atoms with Crippen LogP contribution in [-0.4, -0.2) is 18.7 Å². The Labute approximate surface area is 167 Å². The van der Waals surface area contributed by atoms with E-state index in [4.69, 9.17) is 4.74 Å². The average molecular weight is 420 g/mol. The largest absolute Gasteiger partial charge is 0.483 e. The van der Waals surface area contributed by atoms with Gasteiger partial charge in [0.05, 0.1) is 11.8 Å². The lowest BCUT2D eigenvalue weighted by Crippen LogP contribution is -2.25. The first-order valence-corrected chi connectivity index (χ1v) is 8.50. The van der Waals surface area contributed by atoms with Gasteiger partial charge >= 0.3 is 0 Å². The summed E-state index contributed by atoms with van der Waals surface area (Å²) < 4.78 is 71.9. The molecule has 0 bridgehead atoms. The van der Waals surface area contributed by atoms with Crippen molar-refractivity contribution in [3.05, 3.63) is 89.2 Å². The summed E-state index contributed by atoms with van der Waals surface area (Å²) in [5, 5.41) is 3.23. The van der Waals surface area contributed by atoms with E-state index in [0.717, 1.165) is 11.1 Å². The van der Waals surface area contributed by atoms with Gasteiger partial charge in [-0.3, -0.25) is 4.79 Å². The minimum absolute atomic E-state index is 0.325.